The van der Waals surface area contributed by atoms with E-state index in [1.165, 1.54) is 0 Å². The topological polar surface area (TPSA) is 47.6 Å². The summed E-state index contributed by atoms with van der Waals surface area (Å²) in [6.07, 6.45) is 4.11. The Bertz CT molecular complexity index is 394. The van der Waals surface area contributed by atoms with Crippen LogP contribution < -0.4 is 5.32 Å². The van der Waals surface area contributed by atoms with Crippen LogP contribution in [0.25, 0.3) is 0 Å². The molecule has 1 saturated carbocycles. The van der Waals surface area contributed by atoms with E-state index in [1.54, 1.807) is 7.11 Å². The number of hydrogen-bond donors (Lipinski definition) is 1. The minimum Gasteiger partial charge on any atom is -0.461 e. The van der Waals surface area contributed by atoms with Gasteiger partial charge in [-0.05, 0) is 31.4 Å². The molecule has 1 aliphatic carbocycles. The van der Waals surface area contributed by atoms with Gasteiger partial charge in [0.1, 0.15) is 12.6 Å². The van der Waals surface area contributed by atoms with Crippen molar-refractivity contribution in [3.63, 3.8) is 0 Å². The van der Waals surface area contributed by atoms with Gasteiger partial charge in [-0.2, -0.15) is 0 Å². The van der Waals surface area contributed by atoms with E-state index in [2.05, 4.69) is 5.32 Å². The number of nitrogens with one attached hydrogen (secondary N) is 1. The van der Waals surface area contributed by atoms with Gasteiger partial charge >= 0.3 is 5.97 Å². The third-order valence-corrected chi connectivity index (χ3v) is 3.42. The first-order valence-corrected chi connectivity index (χ1v) is 6.79. The van der Waals surface area contributed by atoms with Crippen molar-refractivity contribution in [2.24, 2.45) is 0 Å². The molecule has 4 heteroatoms. The number of carbonyl (C=O) groups excluding carboxylic acids is 1. The average Bonchev–Trinajstić information content (AvgIpc) is 2.46. The number of carbonyl (C=O) groups is 1. The lowest BCUT2D eigenvalue weighted by Crippen LogP contribution is -2.31. The molecule has 0 bridgehead atoms. The van der Waals surface area contributed by atoms with Crippen LogP contribution in [0.5, 0.6) is 0 Å². The second-order valence-electron chi connectivity index (χ2n) is 4.86. The molecule has 1 aromatic rings. The van der Waals surface area contributed by atoms with Crippen LogP contribution in [0, 0.1) is 0 Å². The largest absolute Gasteiger partial charge is 0.461 e. The van der Waals surface area contributed by atoms with Crippen molar-refractivity contribution < 1.29 is 14.3 Å². The predicted molar refractivity (Wildman–Crippen MR) is 74.1 cm³/mol. The molecule has 0 amide bonds. The highest BCUT2D eigenvalue weighted by Gasteiger charge is 2.24. The molecule has 1 fully saturated rings. The van der Waals surface area contributed by atoms with Gasteiger partial charge in [-0.1, -0.05) is 18.2 Å². The van der Waals surface area contributed by atoms with Gasteiger partial charge in [0.2, 0.25) is 0 Å². The van der Waals surface area contributed by atoms with Crippen LogP contribution >= 0.6 is 0 Å². The fourth-order valence-electron chi connectivity index (χ4n) is 2.38. The third kappa shape index (κ3) is 4.56. The Morgan fingerprint density at radius 1 is 1.26 bits per heavy atom. The van der Waals surface area contributed by atoms with Gasteiger partial charge in [-0.25, -0.2) is 0 Å². The van der Waals surface area contributed by atoms with Crippen LogP contribution in [0.2, 0.25) is 0 Å². The lowest BCUT2D eigenvalue weighted by Gasteiger charge is -2.27. The smallest absolute Gasteiger partial charge is 0.325 e. The van der Waals surface area contributed by atoms with Gasteiger partial charge in [0.15, 0.2) is 0 Å². The molecule has 0 aliphatic heterocycles. The van der Waals surface area contributed by atoms with Gasteiger partial charge in [0.05, 0.1) is 6.10 Å². The summed E-state index contributed by atoms with van der Waals surface area (Å²) in [5.41, 5.74) is 0.929. The van der Waals surface area contributed by atoms with Crippen LogP contribution in [-0.2, 0) is 14.3 Å². The van der Waals surface area contributed by atoms with Crippen molar-refractivity contribution >= 4 is 11.7 Å². The zero-order chi connectivity index (χ0) is 13.5. The van der Waals surface area contributed by atoms with Crippen LogP contribution in [0.1, 0.15) is 25.7 Å². The molecule has 2 atom stereocenters. The van der Waals surface area contributed by atoms with Gasteiger partial charge in [-0.3, -0.25) is 4.79 Å². The first-order chi connectivity index (χ1) is 9.28. The Balaban J connectivity index is 1.72. The molecule has 4 nitrogen and oxygen atoms in total. The van der Waals surface area contributed by atoms with Crippen molar-refractivity contribution in [3.8, 4) is 0 Å². The SMILES string of the molecule is COC1CCCC(OC(=O)CNc2ccccc2)C1. The van der Waals surface area contributed by atoms with E-state index >= 15 is 0 Å². The lowest BCUT2D eigenvalue weighted by atomic mass is 9.95. The molecular weight excluding hydrogens is 242 g/mol. The Hall–Kier alpha value is -1.55. The van der Waals surface area contributed by atoms with Gasteiger partial charge < -0.3 is 14.8 Å². The van der Waals surface area contributed by atoms with Crippen molar-refractivity contribution in [2.75, 3.05) is 19.0 Å². The fraction of sp³-hybridized carbons (Fsp3) is 0.533. The lowest BCUT2D eigenvalue weighted by molar-refractivity contribution is -0.150. The summed E-state index contributed by atoms with van der Waals surface area (Å²) in [4.78, 5) is 11.8. The van der Waals surface area contributed by atoms with Crippen LogP contribution in [0.3, 0.4) is 0 Å². The second kappa shape index (κ2) is 7.14. The molecule has 2 rings (SSSR count). The molecule has 1 aromatic carbocycles. The summed E-state index contributed by atoms with van der Waals surface area (Å²) in [6, 6.07) is 9.65. The van der Waals surface area contributed by atoms with Crippen molar-refractivity contribution in [3.05, 3.63) is 30.3 Å². The maximum atomic E-state index is 11.8. The van der Waals surface area contributed by atoms with E-state index in [1.807, 2.05) is 30.3 Å². The molecule has 0 saturated heterocycles. The highest BCUT2D eigenvalue weighted by Crippen LogP contribution is 2.23. The molecule has 19 heavy (non-hydrogen) atoms. The molecule has 1 N–H and O–H groups in total. The Kier molecular flexibility index (Phi) is 5.21. The van der Waals surface area contributed by atoms with Crippen LogP contribution in [-0.4, -0.2) is 31.8 Å². The first kappa shape index (κ1) is 13.9. The van der Waals surface area contributed by atoms with Crippen LogP contribution in [0.4, 0.5) is 5.69 Å². The molecular formula is C15H21NO3. The second-order valence-corrected chi connectivity index (χ2v) is 4.86. The summed E-state index contributed by atoms with van der Waals surface area (Å²) in [5.74, 6) is -0.203. The quantitative estimate of drug-likeness (QED) is 0.830. The minimum atomic E-state index is -0.203. The number of methoxy groups -OCH3 is 1. The summed E-state index contributed by atoms with van der Waals surface area (Å²) in [5, 5.41) is 3.05. The predicted octanol–water partition coefficient (Wildman–Crippen LogP) is 2.60. The standard InChI is InChI=1S/C15H21NO3/c1-18-13-8-5-9-14(10-13)19-15(17)11-16-12-6-3-2-4-7-12/h2-4,6-7,13-14,16H,5,8-11H2,1H3. The van der Waals surface area contributed by atoms with E-state index in [-0.39, 0.29) is 24.7 Å². The summed E-state index contributed by atoms with van der Waals surface area (Å²) < 4.78 is 10.8. The number of ether oxygens (including phenoxy) is 2. The number of para-hydroxylation sites is 1. The van der Waals surface area contributed by atoms with E-state index < -0.39 is 0 Å². The molecule has 1 aliphatic rings. The normalized spacial score (nSPS) is 22.8. The highest BCUT2D eigenvalue weighted by atomic mass is 16.5. The summed E-state index contributed by atoms with van der Waals surface area (Å²) in [7, 11) is 1.71. The van der Waals surface area contributed by atoms with Crippen molar-refractivity contribution in [2.45, 2.75) is 37.9 Å². The van der Waals surface area contributed by atoms with Gasteiger partial charge in [-0.15, -0.1) is 0 Å². The highest BCUT2D eigenvalue weighted by molar-refractivity contribution is 5.75. The average molecular weight is 263 g/mol. The van der Waals surface area contributed by atoms with Crippen molar-refractivity contribution in [1.29, 1.82) is 0 Å². The van der Waals surface area contributed by atoms with E-state index in [4.69, 9.17) is 9.47 Å². The molecule has 0 spiro atoms. The van der Waals surface area contributed by atoms with Crippen molar-refractivity contribution in [1.82, 2.24) is 0 Å². The molecule has 0 aromatic heterocycles. The number of benzene rings is 1. The third-order valence-electron chi connectivity index (χ3n) is 3.42. The summed E-state index contributed by atoms with van der Waals surface area (Å²) in [6.45, 7) is 0.207. The maximum absolute atomic E-state index is 11.8. The Labute approximate surface area is 114 Å². The number of anilines is 1. The Morgan fingerprint density at radius 3 is 2.74 bits per heavy atom. The van der Waals surface area contributed by atoms with Gasteiger partial charge in [0.25, 0.3) is 0 Å². The first-order valence-electron chi connectivity index (χ1n) is 6.79. The minimum absolute atomic E-state index is 0.00349. The number of hydrogen-bond acceptors (Lipinski definition) is 4. The van der Waals surface area contributed by atoms with Crippen LogP contribution in [0.15, 0.2) is 30.3 Å². The molecule has 0 radical (unpaired) electrons. The maximum Gasteiger partial charge on any atom is 0.325 e. The van der Waals surface area contributed by atoms with E-state index in [0.717, 1.165) is 31.4 Å². The number of esters is 1. The molecule has 2 unspecified atom stereocenters. The monoisotopic (exact) mass is 263 g/mol. The van der Waals surface area contributed by atoms with Gasteiger partial charge in [0, 0.05) is 19.2 Å². The fourth-order valence-corrected chi connectivity index (χ4v) is 2.38. The van der Waals surface area contributed by atoms with E-state index in [0.29, 0.717) is 0 Å². The Morgan fingerprint density at radius 2 is 2.00 bits per heavy atom. The zero-order valence-corrected chi connectivity index (χ0v) is 11.3. The number of rotatable bonds is 5. The van der Waals surface area contributed by atoms with E-state index in [9.17, 15) is 4.79 Å². The molecule has 0 heterocycles. The zero-order valence-electron chi connectivity index (χ0n) is 11.3. The summed E-state index contributed by atoms with van der Waals surface area (Å²) >= 11 is 0. The molecule has 104 valence electrons.